The van der Waals surface area contributed by atoms with Crippen molar-refractivity contribution in [1.29, 1.82) is 0 Å². The van der Waals surface area contributed by atoms with Crippen LogP contribution in [0.3, 0.4) is 0 Å². The number of anilines is 1. The van der Waals surface area contributed by atoms with E-state index in [9.17, 15) is 18.5 Å². The van der Waals surface area contributed by atoms with Crippen molar-refractivity contribution >= 4 is 50.3 Å². The number of sulfonamides is 1. The van der Waals surface area contributed by atoms with Crippen LogP contribution in [0.1, 0.15) is 0 Å². The summed E-state index contributed by atoms with van der Waals surface area (Å²) < 4.78 is 24.2. The first-order chi connectivity index (χ1) is 11.3. The number of rotatable bonds is 5. The number of hydrazine groups is 1. The summed E-state index contributed by atoms with van der Waals surface area (Å²) in [5.74, 6) is 0. The number of thiocarbonyl (C=S) groups is 1. The van der Waals surface area contributed by atoms with E-state index in [2.05, 4.69) is 10.7 Å². The number of nitrogens with one attached hydrogen (secondary N) is 3. The largest absolute Gasteiger partial charge is 0.332 e. The highest BCUT2D eigenvalue weighted by Gasteiger charge is 2.17. The smallest absolute Gasteiger partial charge is 0.270 e. The highest BCUT2D eigenvalue weighted by Crippen LogP contribution is 2.17. The van der Waals surface area contributed by atoms with Crippen LogP contribution in [-0.2, 0) is 10.0 Å². The van der Waals surface area contributed by atoms with E-state index in [4.69, 9.17) is 23.8 Å². The van der Waals surface area contributed by atoms with Gasteiger partial charge >= 0.3 is 0 Å². The maximum absolute atomic E-state index is 12.1. The van der Waals surface area contributed by atoms with Gasteiger partial charge in [-0.2, -0.15) is 0 Å². The van der Waals surface area contributed by atoms with Gasteiger partial charge in [-0.25, -0.2) is 8.42 Å². The van der Waals surface area contributed by atoms with Crippen molar-refractivity contribution < 1.29 is 13.3 Å². The molecule has 0 unspecified atom stereocenters. The van der Waals surface area contributed by atoms with Gasteiger partial charge in [-0.05, 0) is 42.5 Å². The van der Waals surface area contributed by atoms with Gasteiger partial charge in [0.1, 0.15) is 0 Å². The van der Waals surface area contributed by atoms with Crippen molar-refractivity contribution in [3.8, 4) is 0 Å². The van der Waals surface area contributed by atoms with Gasteiger partial charge in [-0.1, -0.05) is 17.7 Å². The Labute approximate surface area is 148 Å². The fourth-order valence-electron chi connectivity index (χ4n) is 1.63. The maximum atomic E-state index is 12.1. The molecule has 2 aromatic carbocycles. The molecule has 0 saturated carbocycles. The molecule has 0 bridgehead atoms. The summed E-state index contributed by atoms with van der Waals surface area (Å²) in [6.45, 7) is 0. The molecule has 0 amide bonds. The molecule has 0 fully saturated rings. The van der Waals surface area contributed by atoms with E-state index in [1.54, 1.807) is 24.3 Å². The Hall–Kier alpha value is -2.27. The van der Waals surface area contributed by atoms with E-state index in [1.807, 2.05) is 4.83 Å². The Morgan fingerprint density at radius 3 is 2.46 bits per heavy atom. The summed E-state index contributed by atoms with van der Waals surface area (Å²) in [7, 11) is -4.02. The second kappa shape index (κ2) is 7.53. The third-order valence-corrected chi connectivity index (χ3v) is 4.44. The average molecular weight is 387 g/mol. The first-order valence-corrected chi connectivity index (χ1v) is 8.64. The molecule has 126 valence electrons. The number of nitrogens with zero attached hydrogens (tertiary/aromatic N) is 1. The Bertz CT molecular complexity index is 872. The molecule has 0 aliphatic rings. The van der Waals surface area contributed by atoms with Crippen molar-refractivity contribution in [2.24, 2.45) is 0 Å². The van der Waals surface area contributed by atoms with E-state index < -0.39 is 14.9 Å². The van der Waals surface area contributed by atoms with Gasteiger partial charge in [-0.15, -0.1) is 4.83 Å². The zero-order chi connectivity index (χ0) is 17.7. The maximum Gasteiger partial charge on any atom is 0.270 e. The number of nitro benzene ring substituents is 1. The molecule has 3 N–H and O–H groups in total. The number of halogens is 1. The lowest BCUT2D eigenvalue weighted by Crippen LogP contribution is -2.43. The quantitative estimate of drug-likeness (QED) is 0.411. The van der Waals surface area contributed by atoms with E-state index >= 15 is 0 Å². The number of benzene rings is 2. The lowest BCUT2D eigenvalue weighted by molar-refractivity contribution is -0.385. The number of non-ortho nitro benzene ring substituents is 1. The Kier molecular flexibility index (Phi) is 5.67. The van der Waals surface area contributed by atoms with Crippen molar-refractivity contribution in [3.05, 3.63) is 63.7 Å². The summed E-state index contributed by atoms with van der Waals surface area (Å²) >= 11 is 10.7. The topological polar surface area (TPSA) is 113 Å². The van der Waals surface area contributed by atoms with Crippen LogP contribution in [0.2, 0.25) is 5.02 Å². The predicted molar refractivity (Wildman–Crippen MR) is 94.2 cm³/mol. The number of hydrogen-bond acceptors (Lipinski definition) is 5. The van der Waals surface area contributed by atoms with Crippen LogP contribution in [0.15, 0.2) is 53.4 Å². The number of nitro groups is 1. The lowest BCUT2D eigenvalue weighted by Gasteiger charge is -2.12. The first kappa shape index (κ1) is 18.1. The number of hydrogen-bond donors (Lipinski definition) is 3. The first-order valence-electron chi connectivity index (χ1n) is 6.37. The van der Waals surface area contributed by atoms with Crippen molar-refractivity contribution in [2.75, 3.05) is 5.32 Å². The minimum Gasteiger partial charge on any atom is -0.332 e. The van der Waals surface area contributed by atoms with Crippen molar-refractivity contribution in [1.82, 2.24) is 10.3 Å². The molecule has 2 aromatic rings. The van der Waals surface area contributed by atoms with Crippen LogP contribution < -0.4 is 15.6 Å². The van der Waals surface area contributed by atoms with E-state index in [0.717, 1.165) is 6.07 Å². The van der Waals surface area contributed by atoms with E-state index in [-0.39, 0.29) is 15.7 Å². The molecule has 0 heterocycles. The fraction of sp³-hybridized carbons (Fsp3) is 0. The second-order valence-corrected chi connectivity index (χ2v) is 6.97. The second-order valence-electron chi connectivity index (χ2n) is 4.45. The van der Waals surface area contributed by atoms with Crippen LogP contribution >= 0.6 is 23.8 Å². The van der Waals surface area contributed by atoms with Crippen molar-refractivity contribution in [3.63, 3.8) is 0 Å². The normalized spacial score (nSPS) is 10.9. The summed E-state index contributed by atoms with van der Waals surface area (Å²) in [5.41, 5.74) is 2.58. The van der Waals surface area contributed by atoms with Crippen LogP contribution in [0, 0.1) is 10.1 Å². The zero-order valence-electron chi connectivity index (χ0n) is 11.9. The summed E-state index contributed by atoms with van der Waals surface area (Å²) in [6, 6.07) is 11.2. The minimum absolute atomic E-state index is 0.00803. The predicted octanol–water partition coefficient (Wildman–Crippen LogP) is 2.43. The van der Waals surface area contributed by atoms with Gasteiger partial charge in [-0.3, -0.25) is 15.5 Å². The Morgan fingerprint density at radius 2 is 1.83 bits per heavy atom. The zero-order valence-corrected chi connectivity index (χ0v) is 14.3. The van der Waals surface area contributed by atoms with Crippen LogP contribution in [-0.4, -0.2) is 18.5 Å². The molecular formula is C13H11ClN4O4S2. The third-order valence-electron chi connectivity index (χ3n) is 2.74. The monoisotopic (exact) mass is 386 g/mol. The third kappa shape index (κ3) is 4.86. The fourth-order valence-corrected chi connectivity index (χ4v) is 2.88. The van der Waals surface area contributed by atoms with Crippen LogP contribution in [0.5, 0.6) is 0 Å². The van der Waals surface area contributed by atoms with Gasteiger partial charge < -0.3 is 5.32 Å². The van der Waals surface area contributed by atoms with Gasteiger partial charge in [0, 0.05) is 22.8 Å². The van der Waals surface area contributed by atoms with Crippen LogP contribution in [0.25, 0.3) is 0 Å². The molecule has 11 heteroatoms. The van der Waals surface area contributed by atoms with E-state index in [1.165, 1.54) is 18.2 Å². The molecule has 0 saturated heterocycles. The SMILES string of the molecule is O=[N+]([O-])c1cccc(S(=O)(=O)NNC(=S)Nc2ccc(Cl)cc2)c1. The Morgan fingerprint density at radius 1 is 1.17 bits per heavy atom. The molecule has 0 spiro atoms. The van der Waals surface area contributed by atoms with Gasteiger partial charge in [0.25, 0.3) is 15.7 Å². The average Bonchev–Trinajstić information content (AvgIpc) is 2.55. The molecule has 0 atom stereocenters. The lowest BCUT2D eigenvalue weighted by atomic mass is 10.3. The van der Waals surface area contributed by atoms with Gasteiger partial charge in [0.05, 0.1) is 9.82 Å². The Balaban J connectivity index is 2.01. The summed E-state index contributed by atoms with van der Waals surface area (Å²) in [5, 5.41) is 14.0. The molecule has 24 heavy (non-hydrogen) atoms. The molecule has 0 aliphatic heterocycles. The van der Waals surface area contributed by atoms with Gasteiger partial charge in [0.15, 0.2) is 5.11 Å². The molecule has 0 radical (unpaired) electrons. The molecule has 0 aliphatic carbocycles. The molecule has 0 aromatic heterocycles. The van der Waals surface area contributed by atoms with Crippen LogP contribution in [0.4, 0.5) is 11.4 Å². The highest BCUT2D eigenvalue weighted by molar-refractivity contribution is 7.89. The van der Waals surface area contributed by atoms with Gasteiger partial charge in [0.2, 0.25) is 0 Å². The summed E-state index contributed by atoms with van der Waals surface area (Å²) in [4.78, 5) is 11.8. The van der Waals surface area contributed by atoms with E-state index in [0.29, 0.717) is 10.7 Å². The molecular weight excluding hydrogens is 376 g/mol. The molecule has 2 rings (SSSR count). The van der Waals surface area contributed by atoms with Crippen molar-refractivity contribution in [2.45, 2.75) is 4.90 Å². The highest BCUT2D eigenvalue weighted by atomic mass is 35.5. The molecule has 8 nitrogen and oxygen atoms in total. The standard InChI is InChI=1S/C13H11ClN4O4S2/c14-9-4-6-10(7-5-9)15-13(23)16-17-24(21,22)12-3-1-2-11(8-12)18(19)20/h1-8,17H,(H2,15,16,23). The minimum atomic E-state index is -4.02. The summed E-state index contributed by atoms with van der Waals surface area (Å²) in [6.07, 6.45) is 0.